The van der Waals surface area contributed by atoms with E-state index in [1.165, 1.54) is 16.0 Å². The number of halogens is 2. The topological polar surface area (TPSA) is 15.3 Å². The second-order valence-corrected chi connectivity index (χ2v) is 6.04. The highest BCUT2D eigenvalue weighted by Crippen LogP contribution is 2.33. The summed E-state index contributed by atoms with van der Waals surface area (Å²) in [5, 5.41) is 5.63. The van der Waals surface area contributed by atoms with Crippen LogP contribution < -0.4 is 5.32 Å². The second-order valence-electron chi connectivity index (χ2n) is 5.06. The van der Waals surface area contributed by atoms with Crippen LogP contribution in [0.4, 0.5) is 0 Å². The SMILES string of the molecule is Cc1ccccc1[C@@H](c1cccs1)N1CCNCC1.Cl.Cl. The Hall–Kier alpha value is -0.580. The molecule has 1 fully saturated rings. The second kappa shape index (κ2) is 8.76. The molecule has 0 radical (unpaired) electrons. The standard InChI is InChI=1S/C16H20N2S.2ClH/c1-13-5-2-3-6-14(13)16(15-7-4-12-19-15)18-10-8-17-9-11-18;;/h2-7,12,16-17H,8-11H2,1H3;2*1H/t16-;;/m0../s1. The van der Waals surface area contributed by atoms with Gasteiger partial charge in [0.2, 0.25) is 0 Å². The molecule has 1 N–H and O–H groups in total. The van der Waals surface area contributed by atoms with Crippen LogP contribution in [0.1, 0.15) is 22.0 Å². The van der Waals surface area contributed by atoms with Crippen molar-refractivity contribution >= 4 is 36.2 Å². The number of aryl methyl sites for hydroxylation is 1. The van der Waals surface area contributed by atoms with Gasteiger partial charge in [-0.25, -0.2) is 0 Å². The zero-order valence-electron chi connectivity index (χ0n) is 12.1. The summed E-state index contributed by atoms with van der Waals surface area (Å²) in [4.78, 5) is 4.06. The average molecular weight is 345 g/mol. The van der Waals surface area contributed by atoms with Crippen LogP contribution >= 0.6 is 36.2 Å². The van der Waals surface area contributed by atoms with Crippen LogP contribution in [0.2, 0.25) is 0 Å². The number of thiophene rings is 1. The molecule has 1 aromatic heterocycles. The number of hydrogen-bond donors (Lipinski definition) is 1. The third kappa shape index (κ3) is 4.21. The molecule has 2 aromatic rings. The van der Waals surface area contributed by atoms with E-state index < -0.39 is 0 Å². The largest absolute Gasteiger partial charge is 0.314 e. The first-order valence-corrected chi connectivity index (χ1v) is 7.78. The van der Waals surface area contributed by atoms with E-state index >= 15 is 0 Å². The molecule has 0 unspecified atom stereocenters. The number of rotatable bonds is 3. The molecular weight excluding hydrogens is 323 g/mol. The van der Waals surface area contributed by atoms with Crippen molar-refractivity contribution in [1.82, 2.24) is 10.2 Å². The number of piperazine rings is 1. The zero-order valence-corrected chi connectivity index (χ0v) is 14.6. The highest BCUT2D eigenvalue weighted by atomic mass is 35.5. The summed E-state index contributed by atoms with van der Waals surface area (Å²) in [6.07, 6.45) is 0. The van der Waals surface area contributed by atoms with E-state index in [9.17, 15) is 0 Å². The molecule has 2 nitrogen and oxygen atoms in total. The molecule has 1 atom stereocenters. The number of nitrogens with zero attached hydrogens (tertiary/aromatic N) is 1. The molecule has 2 heterocycles. The maximum Gasteiger partial charge on any atom is 0.0699 e. The lowest BCUT2D eigenvalue weighted by Crippen LogP contribution is -2.45. The van der Waals surface area contributed by atoms with Gasteiger partial charge in [-0.2, -0.15) is 0 Å². The van der Waals surface area contributed by atoms with Gasteiger partial charge in [0.1, 0.15) is 0 Å². The third-order valence-electron chi connectivity index (χ3n) is 3.81. The van der Waals surface area contributed by atoms with Crippen LogP contribution in [0.5, 0.6) is 0 Å². The first kappa shape index (κ1) is 18.5. The van der Waals surface area contributed by atoms with Crippen molar-refractivity contribution in [1.29, 1.82) is 0 Å². The van der Waals surface area contributed by atoms with Gasteiger partial charge in [0.15, 0.2) is 0 Å². The lowest BCUT2D eigenvalue weighted by atomic mass is 9.98. The van der Waals surface area contributed by atoms with E-state index in [-0.39, 0.29) is 24.8 Å². The molecule has 5 heteroatoms. The lowest BCUT2D eigenvalue weighted by molar-refractivity contribution is 0.200. The minimum atomic E-state index is 0. The van der Waals surface area contributed by atoms with Crippen LogP contribution in [0.3, 0.4) is 0 Å². The van der Waals surface area contributed by atoms with Crippen molar-refractivity contribution in [3.8, 4) is 0 Å². The van der Waals surface area contributed by atoms with Crippen molar-refractivity contribution in [2.24, 2.45) is 0 Å². The molecule has 21 heavy (non-hydrogen) atoms. The Morgan fingerprint density at radius 3 is 2.38 bits per heavy atom. The van der Waals surface area contributed by atoms with Crippen LogP contribution in [0, 0.1) is 6.92 Å². The molecule has 0 bridgehead atoms. The normalized spacial score (nSPS) is 16.6. The summed E-state index contributed by atoms with van der Waals surface area (Å²) in [6.45, 7) is 6.65. The molecule has 3 rings (SSSR count). The monoisotopic (exact) mass is 344 g/mol. The van der Waals surface area contributed by atoms with Crippen molar-refractivity contribution in [3.05, 3.63) is 57.8 Å². The van der Waals surface area contributed by atoms with Crippen LogP contribution in [-0.4, -0.2) is 31.1 Å². The average Bonchev–Trinajstić information content (AvgIpc) is 2.96. The zero-order chi connectivity index (χ0) is 13.1. The van der Waals surface area contributed by atoms with E-state index in [4.69, 9.17) is 0 Å². The highest BCUT2D eigenvalue weighted by Gasteiger charge is 2.25. The molecule has 116 valence electrons. The Balaban J connectivity index is 0.00000110. The van der Waals surface area contributed by atoms with Gasteiger partial charge in [0.05, 0.1) is 6.04 Å². The smallest absolute Gasteiger partial charge is 0.0699 e. The predicted molar refractivity (Wildman–Crippen MR) is 96.3 cm³/mol. The fourth-order valence-electron chi connectivity index (χ4n) is 2.81. The van der Waals surface area contributed by atoms with Crippen LogP contribution in [0.15, 0.2) is 41.8 Å². The fraction of sp³-hybridized carbons (Fsp3) is 0.375. The van der Waals surface area contributed by atoms with Gasteiger partial charge in [-0.05, 0) is 29.5 Å². The van der Waals surface area contributed by atoms with Crippen molar-refractivity contribution in [2.45, 2.75) is 13.0 Å². The molecule has 1 saturated heterocycles. The Morgan fingerprint density at radius 1 is 1.05 bits per heavy atom. The first-order valence-electron chi connectivity index (χ1n) is 6.90. The van der Waals surface area contributed by atoms with Gasteiger partial charge in [-0.3, -0.25) is 4.90 Å². The van der Waals surface area contributed by atoms with Gasteiger partial charge >= 0.3 is 0 Å². The van der Waals surface area contributed by atoms with E-state index in [1.54, 1.807) is 0 Å². The molecule has 0 aliphatic carbocycles. The molecule has 0 saturated carbocycles. The van der Waals surface area contributed by atoms with Gasteiger partial charge in [-0.15, -0.1) is 36.2 Å². The van der Waals surface area contributed by atoms with E-state index in [0.29, 0.717) is 6.04 Å². The summed E-state index contributed by atoms with van der Waals surface area (Å²) >= 11 is 1.87. The van der Waals surface area contributed by atoms with E-state index in [2.05, 4.69) is 58.9 Å². The number of nitrogens with one attached hydrogen (secondary N) is 1. The quantitative estimate of drug-likeness (QED) is 0.908. The van der Waals surface area contributed by atoms with Crippen LogP contribution in [-0.2, 0) is 0 Å². The van der Waals surface area contributed by atoms with Gasteiger partial charge < -0.3 is 5.32 Å². The van der Waals surface area contributed by atoms with E-state index in [0.717, 1.165) is 26.2 Å². The molecular formula is C16H22Cl2N2S. The van der Waals surface area contributed by atoms with E-state index in [1.807, 2.05) is 11.3 Å². The molecule has 0 spiro atoms. The molecule has 0 amide bonds. The predicted octanol–water partition coefficient (Wildman–Crippen LogP) is 3.89. The minimum absolute atomic E-state index is 0. The van der Waals surface area contributed by atoms with Crippen molar-refractivity contribution in [2.75, 3.05) is 26.2 Å². The summed E-state index contributed by atoms with van der Waals surface area (Å²) in [5.41, 5.74) is 2.84. The minimum Gasteiger partial charge on any atom is -0.314 e. The summed E-state index contributed by atoms with van der Waals surface area (Å²) in [7, 11) is 0. The Labute approximate surface area is 143 Å². The summed E-state index contributed by atoms with van der Waals surface area (Å²) < 4.78 is 0. The van der Waals surface area contributed by atoms with Gasteiger partial charge in [0, 0.05) is 31.1 Å². The third-order valence-corrected chi connectivity index (χ3v) is 4.74. The Bertz CT molecular complexity index is 525. The summed E-state index contributed by atoms with van der Waals surface area (Å²) in [5.74, 6) is 0. The molecule has 1 aromatic carbocycles. The lowest BCUT2D eigenvalue weighted by Gasteiger charge is -2.35. The molecule has 1 aliphatic rings. The molecule has 1 aliphatic heterocycles. The summed E-state index contributed by atoms with van der Waals surface area (Å²) in [6, 6.07) is 13.6. The maximum atomic E-state index is 3.44. The van der Waals surface area contributed by atoms with Gasteiger partial charge in [0.25, 0.3) is 0 Å². The Kier molecular flexibility index (Phi) is 7.71. The fourth-order valence-corrected chi connectivity index (χ4v) is 3.69. The van der Waals surface area contributed by atoms with Crippen LogP contribution in [0.25, 0.3) is 0 Å². The number of benzene rings is 1. The highest BCUT2D eigenvalue weighted by molar-refractivity contribution is 7.10. The first-order chi connectivity index (χ1) is 9.36. The van der Waals surface area contributed by atoms with Crippen molar-refractivity contribution < 1.29 is 0 Å². The van der Waals surface area contributed by atoms with Gasteiger partial charge in [-0.1, -0.05) is 30.3 Å². The van der Waals surface area contributed by atoms with Crippen molar-refractivity contribution in [3.63, 3.8) is 0 Å². The Morgan fingerprint density at radius 2 is 1.76 bits per heavy atom. The number of hydrogen-bond acceptors (Lipinski definition) is 3. The maximum absolute atomic E-state index is 3.44.